The lowest BCUT2D eigenvalue weighted by molar-refractivity contribution is -0.105. The van der Waals surface area contributed by atoms with Gasteiger partial charge in [0, 0.05) is 29.8 Å². The number of imidazole rings is 1. The molecule has 0 spiro atoms. The molecule has 1 unspecified atom stereocenters. The highest BCUT2D eigenvalue weighted by molar-refractivity contribution is 7.88. The maximum absolute atomic E-state index is 12.3. The number of rotatable bonds is 3. The van der Waals surface area contributed by atoms with Gasteiger partial charge in [-0.25, -0.2) is 17.7 Å². The van der Waals surface area contributed by atoms with Gasteiger partial charge in [0.15, 0.2) is 0 Å². The Morgan fingerprint density at radius 2 is 1.94 bits per heavy atom. The fourth-order valence-corrected chi connectivity index (χ4v) is 9.15. The lowest BCUT2D eigenvalue weighted by atomic mass is 9.46. The second-order valence-electron chi connectivity index (χ2n) is 11.3. The monoisotopic (exact) mass is 470 g/mol. The van der Waals surface area contributed by atoms with E-state index in [9.17, 15) is 18.5 Å². The molecular formula is C25H34N4O3S. The Kier molecular flexibility index (Phi) is 5.37. The molecule has 4 aliphatic rings. The average molecular weight is 471 g/mol. The number of allylic oxidation sites excluding steroid dienone is 2. The minimum absolute atomic E-state index is 0.126. The van der Waals surface area contributed by atoms with Gasteiger partial charge >= 0.3 is 0 Å². The summed E-state index contributed by atoms with van der Waals surface area (Å²) < 4.78 is 28.0. The highest BCUT2D eigenvalue weighted by Crippen LogP contribution is 2.67. The molecule has 1 saturated heterocycles. The van der Waals surface area contributed by atoms with E-state index in [0.29, 0.717) is 42.5 Å². The van der Waals surface area contributed by atoms with Crippen LogP contribution >= 0.6 is 0 Å². The molecule has 1 aromatic heterocycles. The molecule has 0 amide bonds. The number of aromatic nitrogens is 2. The molecule has 8 heteroatoms. The smallest absolute Gasteiger partial charge is 0.211 e. The Balaban J connectivity index is 1.48. The lowest BCUT2D eigenvalue weighted by Gasteiger charge is -2.58. The SMILES string of the molecule is C[C@]12CCN(S(C)(=O)=O)CCC1CC[C@@H]1[C@@H]2CC[C@]2(C)C(n3cncc3C#N)=C(C=O)C[C@@H]12. The third-order valence-electron chi connectivity index (χ3n) is 9.97. The number of sulfonamides is 1. The average Bonchev–Trinajstić information content (AvgIpc) is 3.28. The van der Waals surface area contributed by atoms with Crippen molar-refractivity contribution in [2.45, 2.75) is 58.8 Å². The standard InChI is InChI=1S/C25H34N4O3S/c1-24-9-11-28(33(3,31)32)10-7-18(24)4-5-20-21(24)6-8-25(2)22(20)12-17(15-30)23(25)29-16-27-14-19(29)13-26/h14-16,18,20-22H,4-12H2,1-3H3/t18?,20-,21+,22+,24+,25+/m1/s1. The van der Waals surface area contributed by atoms with Crippen LogP contribution in [0.2, 0.25) is 0 Å². The molecule has 33 heavy (non-hydrogen) atoms. The Bertz CT molecular complexity index is 1150. The molecular weight excluding hydrogens is 436 g/mol. The van der Waals surface area contributed by atoms with Gasteiger partial charge in [-0.15, -0.1) is 0 Å². The fourth-order valence-electron chi connectivity index (χ4n) is 8.29. The molecule has 2 saturated carbocycles. The fraction of sp³-hybridized carbons (Fsp3) is 0.720. The second-order valence-corrected chi connectivity index (χ2v) is 13.3. The molecule has 3 aliphatic carbocycles. The zero-order valence-corrected chi connectivity index (χ0v) is 20.6. The third-order valence-corrected chi connectivity index (χ3v) is 11.3. The van der Waals surface area contributed by atoms with Gasteiger partial charge in [0.05, 0.1) is 18.8 Å². The first kappa shape index (κ1) is 22.8. The zero-order valence-electron chi connectivity index (χ0n) is 19.8. The first-order valence-electron chi connectivity index (χ1n) is 12.2. The minimum atomic E-state index is -3.17. The van der Waals surface area contributed by atoms with Gasteiger partial charge in [-0.1, -0.05) is 13.8 Å². The predicted octanol–water partition coefficient (Wildman–Crippen LogP) is 3.69. The minimum Gasteiger partial charge on any atom is -0.298 e. The first-order valence-corrected chi connectivity index (χ1v) is 14.0. The van der Waals surface area contributed by atoms with E-state index < -0.39 is 10.0 Å². The van der Waals surface area contributed by atoms with Crippen LogP contribution in [0.4, 0.5) is 0 Å². The van der Waals surface area contributed by atoms with E-state index in [1.54, 1.807) is 16.8 Å². The molecule has 3 fully saturated rings. The van der Waals surface area contributed by atoms with E-state index >= 15 is 0 Å². The van der Waals surface area contributed by atoms with Crippen molar-refractivity contribution >= 4 is 22.0 Å². The maximum atomic E-state index is 12.3. The van der Waals surface area contributed by atoms with Gasteiger partial charge in [0.25, 0.3) is 0 Å². The third kappa shape index (κ3) is 3.34. The van der Waals surface area contributed by atoms with Crippen molar-refractivity contribution in [1.82, 2.24) is 13.9 Å². The van der Waals surface area contributed by atoms with Crippen molar-refractivity contribution in [2.24, 2.45) is 34.5 Å². The van der Waals surface area contributed by atoms with Crippen LogP contribution in [0.25, 0.3) is 5.70 Å². The molecule has 1 aliphatic heterocycles. The Morgan fingerprint density at radius 3 is 2.64 bits per heavy atom. The van der Waals surface area contributed by atoms with Gasteiger partial charge in [-0.3, -0.25) is 9.36 Å². The van der Waals surface area contributed by atoms with E-state index in [0.717, 1.165) is 62.5 Å². The number of fused-ring (bicyclic) bond motifs is 5. The largest absolute Gasteiger partial charge is 0.298 e. The molecule has 7 nitrogen and oxygen atoms in total. The van der Waals surface area contributed by atoms with Crippen molar-refractivity contribution in [1.29, 1.82) is 5.26 Å². The molecule has 5 rings (SSSR count). The van der Waals surface area contributed by atoms with Crippen LogP contribution in [0.15, 0.2) is 18.1 Å². The summed E-state index contributed by atoms with van der Waals surface area (Å²) in [6.07, 6.45) is 12.5. The summed E-state index contributed by atoms with van der Waals surface area (Å²) in [6, 6.07) is 2.23. The normalized spacial score (nSPS) is 39.2. The van der Waals surface area contributed by atoms with E-state index in [-0.39, 0.29) is 10.8 Å². The Hall–Kier alpha value is -1.98. The Morgan fingerprint density at radius 1 is 1.15 bits per heavy atom. The molecule has 6 atom stereocenters. The molecule has 0 N–H and O–H groups in total. The second kappa shape index (κ2) is 7.78. The van der Waals surface area contributed by atoms with E-state index in [4.69, 9.17) is 0 Å². The van der Waals surface area contributed by atoms with Crippen molar-refractivity contribution in [3.05, 3.63) is 23.8 Å². The van der Waals surface area contributed by atoms with Gasteiger partial charge < -0.3 is 0 Å². The molecule has 178 valence electrons. The summed E-state index contributed by atoms with van der Waals surface area (Å²) in [6.45, 7) is 5.95. The highest BCUT2D eigenvalue weighted by Gasteiger charge is 2.59. The summed E-state index contributed by atoms with van der Waals surface area (Å²) in [7, 11) is -3.17. The maximum Gasteiger partial charge on any atom is 0.211 e. The summed E-state index contributed by atoms with van der Waals surface area (Å²) >= 11 is 0. The number of nitriles is 1. The van der Waals surface area contributed by atoms with Gasteiger partial charge in [-0.05, 0) is 74.0 Å². The van der Waals surface area contributed by atoms with Gasteiger partial charge in [0.2, 0.25) is 10.0 Å². The predicted molar refractivity (Wildman–Crippen MR) is 125 cm³/mol. The van der Waals surface area contributed by atoms with Crippen LogP contribution in [0.3, 0.4) is 0 Å². The van der Waals surface area contributed by atoms with Crippen LogP contribution in [-0.4, -0.2) is 47.9 Å². The number of carbonyl (C=O) groups excluding carboxylic acids is 1. The van der Waals surface area contributed by atoms with Crippen molar-refractivity contribution in [2.75, 3.05) is 19.3 Å². The molecule has 0 radical (unpaired) electrons. The number of nitrogens with zero attached hydrogens (tertiary/aromatic N) is 4. The molecule has 0 aromatic carbocycles. The topological polar surface area (TPSA) is 96.1 Å². The van der Waals surface area contributed by atoms with Crippen molar-refractivity contribution < 1.29 is 13.2 Å². The molecule has 1 aromatic rings. The van der Waals surface area contributed by atoms with Crippen molar-refractivity contribution in [3.8, 4) is 6.07 Å². The van der Waals surface area contributed by atoms with Crippen LogP contribution < -0.4 is 0 Å². The Labute approximate surface area is 196 Å². The lowest BCUT2D eigenvalue weighted by Crippen LogP contribution is -2.51. The summed E-state index contributed by atoms with van der Waals surface area (Å²) in [5, 5.41) is 9.59. The van der Waals surface area contributed by atoms with Crippen molar-refractivity contribution in [3.63, 3.8) is 0 Å². The van der Waals surface area contributed by atoms with E-state index in [2.05, 4.69) is 24.9 Å². The number of carbonyl (C=O) groups is 1. The summed E-state index contributed by atoms with van der Waals surface area (Å²) in [5.74, 6) is 1.97. The number of hydrogen-bond donors (Lipinski definition) is 0. The van der Waals surface area contributed by atoms with Gasteiger partial charge in [-0.2, -0.15) is 5.26 Å². The van der Waals surface area contributed by atoms with E-state index in [1.807, 2.05) is 4.57 Å². The van der Waals surface area contributed by atoms with Crippen LogP contribution in [0, 0.1) is 45.8 Å². The zero-order chi connectivity index (χ0) is 23.6. The highest BCUT2D eigenvalue weighted by atomic mass is 32.2. The van der Waals surface area contributed by atoms with Crippen LogP contribution in [0.1, 0.15) is 64.5 Å². The van der Waals surface area contributed by atoms with Crippen LogP contribution in [0.5, 0.6) is 0 Å². The molecule has 0 bridgehead atoms. The van der Waals surface area contributed by atoms with Gasteiger partial charge in [0.1, 0.15) is 18.0 Å². The molecule has 2 heterocycles. The summed E-state index contributed by atoms with van der Waals surface area (Å²) in [5.41, 5.74) is 2.24. The first-order chi connectivity index (χ1) is 15.6. The van der Waals surface area contributed by atoms with Crippen LogP contribution in [-0.2, 0) is 14.8 Å². The quantitative estimate of drug-likeness (QED) is 0.628. The summed E-state index contributed by atoms with van der Waals surface area (Å²) in [4.78, 5) is 16.4. The number of hydrogen-bond acceptors (Lipinski definition) is 5. The number of aldehydes is 1. The van der Waals surface area contributed by atoms with E-state index in [1.165, 1.54) is 6.26 Å².